The van der Waals surface area contributed by atoms with E-state index >= 15 is 0 Å². The van der Waals surface area contributed by atoms with Gasteiger partial charge in [-0.15, -0.1) is 0 Å². The Hall–Kier alpha value is -0.590. The molecule has 0 saturated heterocycles. The van der Waals surface area contributed by atoms with Gasteiger partial charge >= 0.3 is 0 Å². The summed E-state index contributed by atoms with van der Waals surface area (Å²) in [6, 6.07) is 2.13. The van der Waals surface area contributed by atoms with Crippen molar-refractivity contribution in [3.05, 3.63) is 0 Å². The first kappa shape index (κ1) is 12.4. The average molecular weight is 185 g/mol. The molecule has 0 aromatic rings. The Morgan fingerprint density at radius 2 is 2.00 bits per heavy atom. The molecule has 0 spiro atoms. The molecule has 0 N–H and O–H groups in total. The molecule has 0 aliphatic rings. The van der Waals surface area contributed by atoms with Gasteiger partial charge in [-0.3, -0.25) is 0 Å². The molecular weight excluding hydrogens is 166 g/mol. The molecule has 0 amide bonds. The molecular formula is C10H19NO2. The van der Waals surface area contributed by atoms with Crippen molar-refractivity contribution in [2.24, 2.45) is 5.92 Å². The van der Waals surface area contributed by atoms with Crippen molar-refractivity contribution in [1.29, 1.82) is 5.26 Å². The molecule has 76 valence electrons. The monoisotopic (exact) mass is 185 g/mol. The highest BCUT2D eigenvalue weighted by Crippen LogP contribution is 2.06. The summed E-state index contributed by atoms with van der Waals surface area (Å²) in [7, 11) is 0. The Bertz CT molecular complexity index is 151. The minimum absolute atomic E-state index is 0.277. The van der Waals surface area contributed by atoms with Crippen molar-refractivity contribution in [2.45, 2.75) is 33.3 Å². The first-order valence-corrected chi connectivity index (χ1v) is 4.79. The van der Waals surface area contributed by atoms with Crippen LogP contribution in [0.5, 0.6) is 0 Å². The van der Waals surface area contributed by atoms with E-state index in [1.807, 2.05) is 6.92 Å². The lowest BCUT2D eigenvalue weighted by Crippen LogP contribution is -2.16. The Morgan fingerprint density at radius 3 is 2.46 bits per heavy atom. The van der Waals surface area contributed by atoms with Crippen molar-refractivity contribution >= 4 is 0 Å². The van der Waals surface area contributed by atoms with Crippen LogP contribution in [0, 0.1) is 17.2 Å². The van der Waals surface area contributed by atoms with E-state index in [0.29, 0.717) is 25.7 Å². The first-order valence-electron chi connectivity index (χ1n) is 4.79. The maximum atomic E-state index is 8.72. The van der Waals surface area contributed by atoms with Crippen molar-refractivity contribution < 1.29 is 9.47 Å². The first-order chi connectivity index (χ1) is 6.20. The maximum Gasteiger partial charge on any atom is 0.144 e. The summed E-state index contributed by atoms with van der Waals surface area (Å²) in [5.74, 6) is 0.497. The minimum Gasteiger partial charge on any atom is -0.379 e. The Morgan fingerprint density at radius 1 is 1.31 bits per heavy atom. The second kappa shape index (κ2) is 8.03. The van der Waals surface area contributed by atoms with Gasteiger partial charge in [-0.1, -0.05) is 13.8 Å². The molecule has 0 aromatic heterocycles. The van der Waals surface area contributed by atoms with Gasteiger partial charge in [0, 0.05) is 6.61 Å². The normalized spacial score (nSPS) is 12.8. The van der Waals surface area contributed by atoms with Crippen molar-refractivity contribution in [1.82, 2.24) is 0 Å². The van der Waals surface area contributed by atoms with E-state index in [0.717, 1.165) is 6.42 Å². The fourth-order valence-electron chi connectivity index (χ4n) is 0.980. The molecule has 1 unspecified atom stereocenters. The summed E-state index contributed by atoms with van der Waals surface area (Å²) in [5.41, 5.74) is 0. The van der Waals surface area contributed by atoms with Gasteiger partial charge in [-0.25, -0.2) is 0 Å². The highest BCUT2D eigenvalue weighted by molar-refractivity contribution is 4.84. The molecule has 0 fully saturated rings. The third kappa shape index (κ3) is 7.76. The SMILES string of the molecule is CCOCCOC(C#N)CC(C)C. The molecule has 1 atom stereocenters. The quantitative estimate of drug-likeness (QED) is 0.569. The maximum absolute atomic E-state index is 8.72. The molecule has 0 aliphatic carbocycles. The van der Waals surface area contributed by atoms with Gasteiger partial charge in [-0.05, 0) is 19.3 Å². The minimum atomic E-state index is -0.277. The van der Waals surface area contributed by atoms with E-state index in [4.69, 9.17) is 14.7 Å². The standard InChI is InChI=1S/C10H19NO2/c1-4-12-5-6-13-10(8-11)7-9(2)3/h9-10H,4-7H2,1-3H3. The van der Waals surface area contributed by atoms with Crippen LogP contribution < -0.4 is 0 Å². The summed E-state index contributed by atoms with van der Waals surface area (Å²) in [5, 5.41) is 8.72. The Balaban J connectivity index is 3.44. The zero-order valence-corrected chi connectivity index (χ0v) is 8.75. The van der Waals surface area contributed by atoms with Gasteiger partial charge in [0.25, 0.3) is 0 Å². The van der Waals surface area contributed by atoms with Gasteiger partial charge in [0.15, 0.2) is 0 Å². The van der Waals surface area contributed by atoms with Crippen LogP contribution >= 0.6 is 0 Å². The number of ether oxygens (including phenoxy) is 2. The average Bonchev–Trinajstić information content (AvgIpc) is 2.09. The number of hydrogen-bond donors (Lipinski definition) is 0. The van der Waals surface area contributed by atoms with E-state index < -0.39 is 0 Å². The van der Waals surface area contributed by atoms with Crippen LogP contribution in [-0.4, -0.2) is 25.9 Å². The van der Waals surface area contributed by atoms with Crippen LogP contribution in [0.15, 0.2) is 0 Å². The van der Waals surface area contributed by atoms with Crippen LogP contribution in [0.1, 0.15) is 27.2 Å². The molecule has 0 bridgehead atoms. The largest absolute Gasteiger partial charge is 0.379 e. The lowest BCUT2D eigenvalue weighted by Gasteiger charge is -2.12. The molecule has 0 radical (unpaired) electrons. The number of nitrogens with zero attached hydrogens (tertiary/aromatic N) is 1. The highest BCUT2D eigenvalue weighted by Gasteiger charge is 2.09. The lowest BCUT2D eigenvalue weighted by molar-refractivity contribution is 0.0225. The lowest BCUT2D eigenvalue weighted by atomic mass is 10.1. The fourth-order valence-corrected chi connectivity index (χ4v) is 0.980. The van der Waals surface area contributed by atoms with E-state index in [1.54, 1.807) is 0 Å². The van der Waals surface area contributed by atoms with Crippen LogP contribution in [0.25, 0.3) is 0 Å². The summed E-state index contributed by atoms with van der Waals surface area (Å²) in [6.07, 6.45) is 0.517. The van der Waals surface area contributed by atoms with Crippen LogP contribution in [0.2, 0.25) is 0 Å². The predicted octanol–water partition coefficient (Wildman–Crippen LogP) is 1.98. The molecule has 0 saturated carbocycles. The molecule has 3 heteroatoms. The van der Waals surface area contributed by atoms with Crippen LogP contribution in [-0.2, 0) is 9.47 Å². The summed E-state index contributed by atoms with van der Waals surface area (Å²) in [6.45, 7) is 7.89. The molecule has 0 rings (SSSR count). The van der Waals surface area contributed by atoms with Gasteiger partial charge in [0.05, 0.1) is 19.3 Å². The zero-order chi connectivity index (χ0) is 10.1. The van der Waals surface area contributed by atoms with E-state index in [-0.39, 0.29) is 6.10 Å². The Kier molecular flexibility index (Phi) is 7.66. The molecule has 13 heavy (non-hydrogen) atoms. The zero-order valence-electron chi connectivity index (χ0n) is 8.75. The predicted molar refractivity (Wildman–Crippen MR) is 51.3 cm³/mol. The van der Waals surface area contributed by atoms with Crippen molar-refractivity contribution in [2.75, 3.05) is 19.8 Å². The summed E-state index contributed by atoms with van der Waals surface area (Å²) >= 11 is 0. The van der Waals surface area contributed by atoms with Gasteiger partial charge in [-0.2, -0.15) is 5.26 Å². The van der Waals surface area contributed by atoms with E-state index in [2.05, 4.69) is 19.9 Å². The number of hydrogen-bond acceptors (Lipinski definition) is 3. The van der Waals surface area contributed by atoms with Crippen LogP contribution in [0.4, 0.5) is 0 Å². The summed E-state index contributed by atoms with van der Waals surface area (Å²) < 4.78 is 10.4. The molecule has 0 aliphatic heterocycles. The molecule has 0 aromatic carbocycles. The number of nitriles is 1. The topological polar surface area (TPSA) is 42.2 Å². The molecule has 0 heterocycles. The van der Waals surface area contributed by atoms with Crippen LogP contribution in [0.3, 0.4) is 0 Å². The molecule has 3 nitrogen and oxygen atoms in total. The number of rotatable bonds is 7. The fraction of sp³-hybridized carbons (Fsp3) is 0.900. The Labute approximate surface area is 80.6 Å². The summed E-state index contributed by atoms with van der Waals surface area (Å²) in [4.78, 5) is 0. The second-order valence-corrected chi connectivity index (χ2v) is 3.32. The third-order valence-electron chi connectivity index (χ3n) is 1.58. The van der Waals surface area contributed by atoms with Gasteiger partial charge in [0.1, 0.15) is 6.10 Å². The van der Waals surface area contributed by atoms with Crippen molar-refractivity contribution in [3.8, 4) is 6.07 Å². The van der Waals surface area contributed by atoms with Gasteiger partial charge < -0.3 is 9.47 Å². The highest BCUT2D eigenvalue weighted by atomic mass is 16.5. The third-order valence-corrected chi connectivity index (χ3v) is 1.58. The second-order valence-electron chi connectivity index (χ2n) is 3.32. The van der Waals surface area contributed by atoms with E-state index in [1.165, 1.54) is 0 Å². The van der Waals surface area contributed by atoms with E-state index in [9.17, 15) is 0 Å². The van der Waals surface area contributed by atoms with Gasteiger partial charge in [0.2, 0.25) is 0 Å². The van der Waals surface area contributed by atoms with Crippen molar-refractivity contribution in [3.63, 3.8) is 0 Å². The smallest absolute Gasteiger partial charge is 0.144 e.